The molecule has 0 spiro atoms. The van der Waals surface area contributed by atoms with Gasteiger partial charge in [-0.05, 0) is 32.0 Å². The van der Waals surface area contributed by atoms with Gasteiger partial charge >= 0.3 is 0 Å². The predicted molar refractivity (Wildman–Crippen MR) is 79.4 cm³/mol. The average Bonchev–Trinajstić information content (AvgIpc) is 2.35. The first-order valence-corrected chi connectivity index (χ1v) is 7.04. The van der Waals surface area contributed by atoms with Gasteiger partial charge in [-0.2, -0.15) is 0 Å². The second-order valence-electron chi connectivity index (χ2n) is 4.21. The monoisotopic (exact) mass is 346 g/mol. The Labute approximate surface area is 126 Å². The van der Waals surface area contributed by atoms with Crippen LogP contribution in [0, 0.1) is 0 Å². The van der Waals surface area contributed by atoms with E-state index in [1.807, 2.05) is 6.92 Å². The Morgan fingerprint density at radius 3 is 2.58 bits per heavy atom. The smallest absolute Gasteiger partial charge is 0.252 e. The molecule has 1 N–H and O–H groups in total. The molecule has 2 amide bonds. The minimum Gasteiger partial charge on any atom is -0.344 e. The molecule has 0 radical (unpaired) electrons. The Morgan fingerprint density at radius 1 is 1.42 bits per heavy atom. The van der Waals surface area contributed by atoms with Crippen LogP contribution in [0.4, 0.5) is 0 Å². The van der Waals surface area contributed by atoms with Crippen molar-refractivity contribution in [2.75, 3.05) is 13.6 Å². The van der Waals surface area contributed by atoms with E-state index in [-0.39, 0.29) is 11.8 Å². The fraction of sp³-hybridized carbons (Fsp3) is 0.385. The second kappa shape index (κ2) is 6.91. The molecule has 19 heavy (non-hydrogen) atoms. The Morgan fingerprint density at radius 2 is 2.05 bits per heavy atom. The third kappa shape index (κ3) is 4.51. The van der Waals surface area contributed by atoms with Crippen molar-refractivity contribution in [3.63, 3.8) is 0 Å². The van der Waals surface area contributed by atoms with Crippen molar-refractivity contribution in [2.24, 2.45) is 0 Å². The van der Waals surface area contributed by atoms with Crippen LogP contribution in [0.5, 0.6) is 0 Å². The minimum atomic E-state index is -0.574. The first kappa shape index (κ1) is 16.0. The van der Waals surface area contributed by atoms with Gasteiger partial charge in [0.1, 0.15) is 6.04 Å². The van der Waals surface area contributed by atoms with Crippen molar-refractivity contribution < 1.29 is 9.59 Å². The van der Waals surface area contributed by atoms with Gasteiger partial charge in [0.25, 0.3) is 5.91 Å². The highest BCUT2D eigenvalue weighted by molar-refractivity contribution is 9.10. The summed E-state index contributed by atoms with van der Waals surface area (Å²) in [5, 5.41) is 3.12. The number of halogens is 2. The van der Waals surface area contributed by atoms with Crippen LogP contribution in [0.3, 0.4) is 0 Å². The van der Waals surface area contributed by atoms with Crippen molar-refractivity contribution in [1.82, 2.24) is 10.2 Å². The minimum absolute atomic E-state index is 0.128. The van der Waals surface area contributed by atoms with Gasteiger partial charge in [0, 0.05) is 28.7 Å². The molecule has 1 rings (SSSR count). The molecule has 0 aliphatic heterocycles. The van der Waals surface area contributed by atoms with E-state index in [0.717, 1.165) is 4.47 Å². The van der Waals surface area contributed by atoms with Crippen molar-refractivity contribution in [1.29, 1.82) is 0 Å². The normalized spacial score (nSPS) is 11.8. The molecule has 0 saturated carbocycles. The molecule has 6 heteroatoms. The number of amides is 2. The van der Waals surface area contributed by atoms with Crippen molar-refractivity contribution in [3.05, 3.63) is 33.3 Å². The van der Waals surface area contributed by atoms with Crippen LogP contribution >= 0.6 is 27.5 Å². The Balaban J connectivity index is 2.77. The largest absolute Gasteiger partial charge is 0.344 e. The summed E-state index contributed by atoms with van der Waals surface area (Å²) in [6, 6.07) is 4.33. The summed E-state index contributed by atoms with van der Waals surface area (Å²) in [5.41, 5.74) is 0.415. The number of hydrogen-bond donors (Lipinski definition) is 1. The standard InChI is InChI=1S/C13H16BrClN2O2/c1-4-17(3)13(19)8(2)16-12(18)9-5-10(14)7-11(15)6-9/h5-8H,4H2,1-3H3,(H,16,18). The third-order valence-electron chi connectivity index (χ3n) is 2.69. The van der Waals surface area contributed by atoms with Gasteiger partial charge in [0.05, 0.1) is 0 Å². The fourth-order valence-corrected chi connectivity index (χ4v) is 2.37. The van der Waals surface area contributed by atoms with Crippen LogP contribution in [0.25, 0.3) is 0 Å². The zero-order valence-electron chi connectivity index (χ0n) is 11.0. The summed E-state index contributed by atoms with van der Waals surface area (Å²) in [5.74, 6) is -0.453. The summed E-state index contributed by atoms with van der Waals surface area (Å²) in [7, 11) is 1.70. The maximum absolute atomic E-state index is 12.0. The van der Waals surface area contributed by atoms with Crippen molar-refractivity contribution in [2.45, 2.75) is 19.9 Å². The zero-order valence-corrected chi connectivity index (χ0v) is 13.4. The summed E-state index contributed by atoms with van der Waals surface area (Å²) in [6.07, 6.45) is 0. The van der Waals surface area contributed by atoms with E-state index in [1.54, 1.807) is 37.1 Å². The predicted octanol–water partition coefficient (Wildman–Crippen LogP) is 2.70. The van der Waals surface area contributed by atoms with Gasteiger partial charge in [0.15, 0.2) is 0 Å². The van der Waals surface area contributed by atoms with Crippen LogP contribution in [-0.4, -0.2) is 36.3 Å². The molecule has 0 aliphatic carbocycles. The van der Waals surface area contributed by atoms with Gasteiger partial charge in [-0.3, -0.25) is 9.59 Å². The van der Waals surface area contributed by atoms with E-state index >= 15 is 0 Å². The van der Waals surface area contributed by atoms with E-state index in [1.165, 1.54) is 0 Å². The Kier molecular flexibility index (Phi) is 5.82. The number of benzene rings is 1. The maximum atomic E-state index is 12.0. The lowest BCUT2D eigenvalue weighted by Gasteiger charge is -2.20. The van der Waals surface area contributed by atoms with E-state index in [0.29, 0.717) is 17.1 Å². The lowest BCUT2D eigenvalue weighted by atomic mass is 10.2. The molecular weight excluding hydrogens is 332 g/mol. The number of nitrogens with one attached hydrogen (secondary N) is 1. The number of carbonyl (C=O) groups is 2. The van der Waals surface area contributed by atoms with E-state index in [9.17, 15) is 9.59 Å². The van der Waals surface area contributed by atoms with Crippen LogP contribution in [0.15, 0.2) is 22.7 Å². The van der Waals surface area contributed by atoms with Crippen molar-refractivity contribution in [3.8, 4) is 0 Å². The molecule has 0 fully saturated rings. The van der Waals surface area contributed by atoms with Gasteiger partial charge in [-0.25, -0.2) is 0 Å². The highest BCUT2D eigenvalue weighted by Gasteiger charge is 2.19. The molecule has 0 aromatic heterocycles. The average molecular weight is 348 g/mol. The highest BCUT2D eigenvalue weighted by Crippen LogP contribution is 2.19. The quantitative estimate of drug-likeness (QED) is 0.910. The molecule has 1 unspecified atom stereocenters. The topological polar surface area (TPSA) is 49.4 Å². The van der Waals surface area contributed by atoms with Crippen LogP contribution in [0.1, 0.15) is 24.2 Å². The first-order valence-electron chi connectivity index (χ1n) is 5.87. The van der Waals surface area contributed by atoms with Gasteiger partial charge in [0.2, 0.25) is 5.91 Å². The molecule has 1 aromatic carbocycles. The van der Waals surface area contributed by atoms with Crippen LogP contribution in [-0.2, 0) is 4.79 Å². The lowest BCUT2D eigenvalue weighted by Crippen LogP contribution is -2.45. The SMILES string of the molecule is CCN(C)C(=O)C(C)NC(=O)c1cc(Cl)cc(Br)c1. The molecule has 0 saturated heterocycles. The second-order valence-corrected chi connectivity index (χ2v) is 5.56. The molecular formula is C13H16BrClN2O2. The summed E-state index contributed by atoms with van der Waals surface area (Å²) < 4.78 is 0.717. The zero-order chi connectivity index (χ0) is 14.6. The number of hydrogen-bond acceptors (Lipinski definition) is 2. The molecule has 0 bridgehead atoms. The summed E-state index contributed by atoms with van der Waals surface area (Å²) in [4.78, 5) is 25.4. The molecule has 1 aromatic rings. The lowest BCUT2D eigenvalue weighted by molar-refractivity contribution is -0.131. The van der Waals surface area contributed by atoms with Crippen LogP contribution in [0.2, 0.25) is 5.02 Å². The Bertz CT molecular complexity index is 473. The molecule has 104 valence electrons. The maximum Gasteiger partial charge on any atom is 0.252 e. The molecule has 1 atom stereocenters. The number of carbonyl (C=O) groups excluding carboxylic acids is 2. The fourth-order valence-electron chi connectivity index (χ4n) is 1.51. The summed E-state index contributed by atoms with van der Waals surface area (Å²) in [6.45, 7) is 4.13. The van der Waals surface area contributed by atoms with Crippen LogP contribution < -0.4 is 5.32 Å². The number of rotatable bonds is 4. The van der Waals surface area contributed by atoms with Gasteiger partial charge in [-0.1, -0.05) is 27.5 Å². The molecule has 4 nitrogen and oxygen atoms in total. The Hall–Kier alpha value is -1.07. The molecule has 0 heterocycles. The van der Waals surface area contributed by atoms with Crippen molar-refractivity contribution >= 4 is 39.3 Å². The number of likely N-dealkylation sites (N-methyl/N-ethyl adjacent to an activating group) is 1. The van der Waals surface area contributed by atoms with E-state index < -0.39 is 6.04 Å². The third-order valence-corrected chi connectivity index (χ3v) is 3.37. The molecule has 0 aliphatic rings. The van der Waals surface area contributed by atoms with Gasteiger partial charge < -0.3 is 10.2 Å². The van der Waals surface area contributed by atoms with Gasteiger partial charge in [-0.15, -0.1) is 0 Å². The summed E-state index contributed by atoms with van der Waals surface area (Å²) >= 11 is 9.15. The first-order chi connectivity index (χ1) is 8.85. The van der Waals surface area contributed by atoms with E-state index in [4.69, 9.17) is 11.6 Å². The highest BCUT2D eigenvalue weighted by atomic mass is 79.9. The number of nitrogens with zero attached hydrogens (tertiary/aromatic N) is 1. The van der Waals surface area contributed by atoms with E-state index in [2.05, 4.69) is 21.2 Å².